The lowest BCUT2D eigenvalue weighted by molar-refractivity contribution is 0.102. The monoisotopic (exact) mass is 390 g/mol. The number of aromatic amines is 1. The van der Waals surface area contributed by atoms with E-state index in [0.29, 0.717) is 17.1 Å². The predicted molar refractivity (Wildman–Crippen MR) is 107 cm³/mol. The van der Waals surface area contributed by atoms with E-state index in [1.807, 2.05) is 12.1 Å². The third-order valence-corrected chi connectivity index (χ3v) is 5.42. The number of rotatable bonds is 3. The maximum absolute atomic E-state index is 14.2. The summed E-state index contributed by atoms with van der Waals surface area (Å²) in [6.07, 6.45) is 4.46. The van der Waals surface area contributed by atoms with Crippen LogP contribution in [-0.4, -0.2) is 31.1 Å². The number of benzene rings is 2. The Kier molecular flexibility index (Phi) is 4.12. The molecule has 0 aliphatic heterocycles. The van der Waals surface area contributed by atoms with Gasteiger partial charge in [-0.2, -0.15) is 4.68 Å². The lowest BCUT2D eigenvalue weighted by Gasteiger charge is -2.11. The molecular weight excluding hydrogens is 371 g/mol. The number of aryl methyl sites for hydroxylation is 3. The van der Waals surface area contributed by atoms with Crippen molar-refractivity contribution in [2.24, 2.45) is 0 Å². The number of fused-ring (bicyclic) bond motifs is 3. The Morgan fingerprint density at radius 2 is 2.03 bits per heavy atom. The van der Waals surface area contributed by atoms with Gasteiger partial charge in [-0.1, -0.05) is 0 Å². The third-order valence-electron chi connectivity index (χ3n) is 5.42. The number of aromatic nitrogens is 5. The number of nitrogens with zero attached hydrogens (tertiary/aromatic N) is 4. The smallest absolute Gasteiger partial charge is 0.255 e. The maximum atomic E-state index is 14.2. The summed E-state index contributed by atoms with van der Waals surface area (Å²) >= 11 is 0. The van der Waals surface area contributed by atoms with Crippen molar-refractivity contribution in [1.29, 1.82) is 0 Å². The van der Waals surface area contributed by atoms with Crippen LogP contribution in [-0.2, 0) is 12.8 Å². The van der Waals surface area contributed by atoms with Crippen molar-refractivity contribution in [3.63, 3.8) is 0 Å². The van der Waals surface area contributed by atoms with Gasteiger partial charge in [-0.15, -0.1) is 5.10 Å². The Bertz CT molecular complexity index is 1240. The van der Waals surface area contributed by atoms with Gasteiger partial charge in [-0.05, 0) is 85.0 Å². The van der Waals surface area contributed by atoms with E-state index < -0.39 is 5.82 Å². The van der Waals surface area contributed by atoms with Crippen LogP contribution in [0.5, 0.6) is 0 Å². The first-order valence-corrected chi connectivity index (χ1v) is 9.60. The molecule has 4 aromatic rings. The molecule has 0 saturated carbocycles. The summed E-state index contributed by atoms with van der Waals surface area (Å²) in [6.45, 7) is 1.68. The standard InChI is InChI=1S/C21H19FN6O/c1-12-25-26-27-28(12)20-11-14(7-8-17(20)22)23-21(29)13-6-9-19-16(10-13)15-4-2-3-5-18(15)24-19/h6-11,24H,2-5H2,1H3,(H,23,29). The number of amides is 1. The molecule has 8 heteroatoms. The van der Waals surface area contributed by atoms with E-state index in [-0.39, 0.29) is 11.6 Å². The van der Waals surface area contributed by atoms with Crippen LogP contribution in [0.1, 0.15) is 40.3 Å². The summed E-state index contributed by atoms with van der Waals surface area (Å²) in [5.74, 6) is -0.266. The van der Waals surface area contributed by atoms with Crippen molar-refractivity contribution in [3.8, 4) is 5.69 Å². The lowest BCUT2D eigenvalue weighted by Crippen LogP contribution is -2.13. The minimum Gasteiger partial charge on any atom is -0.358 e. The number of H-pyrrole nitrogens is 1. The van der Waals surface area contributed by atoms with Crippen LogP contribution >= 0.6 is 0 Å². The van der Waals surface area contributed by atoms with Gasteiger partial charge >= 0.3 is 0 Å². The minimum atomic E-state index is -0.473. The highest BCUT2D eigenvalue weighted by molar-refractivity contribution is 6.06. The molecule has 29 heavy (non-hydrogen) atoms. The number of anilines is 1. The fourth-order valence-corrected chi connectivity index (χ4v) is 3.96. The molecule has 5 rings (SSSR count). The number of nitrogens with one attached hydrogen (secondary N) is 2. The molecule has 2 N–H and O–H groups in total. The van der Waals surface area contributed by atoms with Crippen molar-refractivity contribution in [2.75, 3.05) is 5.32 Å². The van der Waals surface area contributed by atoms with Crippen molar-refractivity contribution in [2.45, 2.75) is 32.6 Å². The van der Waals surface area contributed by atoms with E-state index in [9.17, 15) is 9.18 Å². The Hall–Kier alpha value is -3.55. The molecule has 0 spiro atoms. The first-order chi connectivity index (χ1) is 14.1. The second-order valence-electron chi connectivity index (χ2n) is 7.31. The number of tetrazole rings is 1. The van der Waals surface area contributed by atoms with Crippen molar-refractivity contribution < 1.29 is 9.18 Å². The molecule has 0 bridgehead atoms. The molecule has 1 aliphatic carbocycles. The summed E-state index contributed by atoms with van der Waals surface area (Å²) in [4.78, 5) is 16.3. The largest absolute Gasteiger partial charge is 0.358 e. The highest BCUT2D eigenvalue weighted by Crippen LogP contribution is 2.30. The Labute approximate surface area is 165 Å². The molecule has 7 nitrogen and oxygen atoms in total. The Balaban J connectivity index is 1.45. The fourth-order valence-electron chi connectivity index (χ4n) is 3.96. The van der Waals surface area contributed by atoms with Gasteiger partial charge in [-0.25, -0.2) is 4.39 Å². The molecule has 0 radical (unpaired) electrons. The summed E-state index contributed by atoms with van der Waals surface area (Å²) in [7, 11) is 0. The highest BCUT2D eigenvalue weighted by atomic mass is 19.1. The van der Waals surface area contributed by atoms with Crippen LogP contribution in [0.2, 0.25) is 0 Å². The van der Waals surface area contributed by atoms with E-state index >= 15 is 0 Å². The molecule has 1 aliphatic rings. The second-order valence-corrected chi connectivity index (χ2v) is 7.31. The van der Waals surface area contributed by atoms with Crippen LogP contribution < -0.4 is 5.32 Å². The highest BCUT2D eigenvalue weighted by Gasteiger charge is 2.17. The zero-order valence-electron chi connectivity index (χ0n) is 15.9. The number of hydrogen-bond acceptors (Lipinski definition) is 4. The van der Waals surface area contributed by atoms with Gasteiger partial charge in [0.15, 0.2) is 5.82 Å². The number of carbonyl (C=O) groups is 1. The topological polar surface area (TPSA) is 88.5 Å². The van der Waals surface area contributed by atoms with Crippen molar-refractivity contribution in [3.05, 3.63) is 64.9 Å². The lowest BCUT2D eigenvalue weighted by atomic mass is 9.95. The van der Waals surface area contributed by atoms with Gasteiger partial charge < -0.3 is 10.3 Å². The van der Waals surface area contributed by atoms with Crippen LogP contribution in [0.3, 0.4) is 0 Å². The van der Waals surface area contributed by atoms with E-state index in [2.05, 4.69) is 25.8 Å². The summed E-state index contributed by atoms with van der Waals surface area (Å²) in [5, 5.41) is 15.1. The molecule has 0 unspecified atom stereocenters. The second kappa shape index (κ2) is 6.80. The SMILES string of the molecule is Cc1nnnn1-c1cc(NC(=O)c2ccc3[nH]c4c(c3c2)CCCC4)ccc1F. The molecule has 1 amide bonds. The molecule has 2 heterocycles. The average molecular weight is 390 g/mol. The number of hydrogen-bond donors (Lipinski definition) is 2. The molecule has 2 aromatic heterocycles. The molecular formula is C21H19FN6O. The summed E-state index contributed by atoms with van der Waals surface area (Å²) in [6, 6.07) is 10.0. The van der Waals surface area contributed by atoms with Gasteiger partial charge in [0.1, 0.15) is 11.5 Å². The molecule has 0 saturated heterocycles. The zero-order valence-corrected chi connectivity index (χ0v) is 15.9. The number of carbonyl (C=O) groups excluding carboxylic acids is 1. The summed E-state index contributed by atoms with van der Waals surface area (Å²) < 4.78 is 15.5. The average Bonchev–Trinajstić information content (AvgIpc) is 3.32. The van der Waals surface area contributed by atoms with Crippen LogP contribution in [0.4, 0.5) is 10.1 Å². The van der Waals surface area contributed by atoms with Gasteiger partial charge in [0.2, 0.25) is 0 Å². The first-order valence-electron chi connectivity index (χ1n) is 9.60. The van der Waals surface area contributed by atoms with Crippen molar-refractivity contribution in [1.82, 2.24) is 25.2 Å². The first kappa shape index (κ1) is 17.5. The predicted octanol–water partition coefficient (Wildman–Crippen LogP) is 3.72. The van der Waals surface area contributed by atoms with E-state index in [0.717, 1.165) is 23.7 Å². The van der Waals surface area contributed by atoms with Crippen LogP contribution in [0, 0.1) is 12.7 Å². The Morgan fingerprint density at radius 3 is 2.86 bits per heavy atom. The van der Waals surface area contributed by atoms with E-state index in [1.54, 1.807) is 13.0 Å². The van der Waals surface area contributed by atoms with Crippen molar-refractivity contribution >= 4 is 22.5 Å². The van der Waals surface area contributed by atoms with E-state index in [1.165, 1.54) is 47.0 Å². The number of halogens is 1. The molecule has 2 aromatic carbocycles. The normalized spacial score (nSPS) is 13.4. The minimum absolute atomic E-state index is 0.181. The van der Waals surface area contributed by atoms with Gasteiger partial charge in [0.05, 0.1) is 0 Å². The molecule has 0 fully saturated rings. The maximum Gasteiger partial charge on any atom is 0.255 e. The van der Waals surface area contributed by atoms with Crippen LogP contribution in [0.25, 0.3) is 16.6 Å². The molecule has 0 atom stereocenters. The summed E-state index contributed by atoms with van der Waals surface area (Å²) in [5.41, 5.74) is 4.88. The van der Waals surface area contributed by atoms with Gasteiger partial charge in [0, 0.05) is 27.8 Å². The van der Waals surface area contributed by atoms with Gasteiger partial charge in [0.25, 0.3) is 5.91 Å². The zero-order chi connectivity index (χ0) is 20.0. The fraction of sp³-hybridized carbons (Fsp3) is 0.238. The van der Waals surface area contributed by atoms with E-state index in [4.69, 9.17) is 0 Å². The Morgan fingerprint density at radius 1 is 1.17 bits per heavy atom. The van der Waals surface area contributed by atoms with Gasteiger partial charge in [-0.3, -0.25) is 4.79 Å². The quantitative estimate of drug-likeness (QED) is 0.558. The van der Waals surface area contributed by atoms with Crippen LogP contribution in [0.15, 0.2) is 36.4 Å². The third kappa shape index (κ3) is 3.06. The molecule has 146 valence electrons.